The Kier molecular flexibility index (Phi) is 6.95. The molecule has 1 fully saturated rings. The molecule has 0 bridgehead atoms. The zero-order valence-electron chi connectivity index (χ0n) is 16.7. The summed E-state index contributed by atoms with van der Waals surface area (Å²) in [6.45, 7) is 4.73. The molecular weight excluding hydrogens is 382 g/mol. The monoisotopic (exact) mass is 407 g/mol. The second-order valence-corrected chi connectivity index (χ2v) is 7.46. The number of hydrogen-bond donors (Lipinski definition) is 0. The molecule has 4 rings (SSSR count). The number of halogens is 1. The van der Waals surface area contributed by atoms with E-state index < -0.39 is 0 Å². The van der Waals surface area contributed by atoms with Crippen molar-refractivity contribution >= 4 is 29.0 Å². The van der Waals surface area contributed by atoms with Gasteiger partial charge in [0.1, 0.15) is 12.4 Å². The Bertz CT molecular complexity index is 1020. The van der Waals surface area contributed by atoms with Crippen molar-refractivity contribution in [1.29, 1.82) is 5.26 Å². The Hall–Kier alpha value is -2.77. The zero-order chi connectivity index (χ0) is 19.3. The van der Waals surface area contributed by atoms with Gasteiger partial charge in [0.15, 0.2) is 0 Å². The number of pyridine rings is 1. The number of aromatic nitrogens is 1. The van der Waals surface area contributed by atoms with E-state index in [0.717, 1.165) is 35.6 Å². The molecule has 1 aliphatic heterocycles. The number of hydrogen-bond acceptors (Lipinski definition) is 4. The molecule has 0 amide bonds. The maximum absolute atomic E-state index is 9.04. The molecule has 0 atom stereocenters. The number of ether oxygens (including phenoxy) is 1. The van der Waals surface area contributed by atoms with Crippen molar-refractivity contribution in [2.75, 3.05) is 18.0 Å². The van der Waals surface area contributed by atoms with Crippen LogP contribution < -0.4 is 9.64 Å². The fraction of sp³-hybridized carbons (Fsp3) is 0.333. The molecular formula is C24H26ClN3O. The van der Waals surface area contributed by atoms with Gasteiger partial charge >= 0.3 is 0 Å². The molecule has 1 aliphatic rings. The second kappa shape index (κ2) is 9.62. The molecule has 2 aromatic carbocycles. The highest BCUT2D eigenvalue weighted by atomic mass is 35.5. The van der Waals surface area contributed by atoms with E-state index in [0.29, 0.717) is 12.2 Å². The maximum atomic E-state index is 9.04. The maximum Gasteiger partial charge on any atom is 0.122 e. The van der Waals surface area contributed by atoms with E-state index in [4.69, 9.17) is 15.0 Å². The van der Waals surface area contributed by atoms with Crippen LogP contribution in [0.3, 0.4) is 0 Å². The van der Waals surface area contributed by atoms with E-state index in [9.17, 15) is 0 Å². The second-order valence-electron chi connectivity index (χ2n) is 7.46. The minimum atomic E-state index is 0. The molecule has 2 heterocycles. The van der Waals surface area contributed by atoms with Crippen LogP contribution in [0.1, 0.15) is 42.5 Å². The SMILES string of the molecule is Cc1cc(N2CCCCCC2)c2ccc(OCc3cccc(C#N)c3)cc2n1.Cl. The van der Waals surface area contributed by atoms with Crippen molar-refractivity contribution in [3.63, 3.8) is 0 Å². The van der Waals surface area contributed by atoms with Gasteiger partial charge in [0.2, 0.25) is 0 Å². The van der Waals surface area contributed by atoms with E-state index in [1.165, 1.54) is 36.8 Å². The fourth-order valence-electron chi connectivity index (χ4n) is 3.88. The summed E-state index contributed by atoms with van der Waals surface area (Å²) in [5.41, 5.74) is 4.94. The number of nitrogens with zero attached hydrogens (tertiary/aromatic N) is 3. The highest BCUT2D eigenvalue weighted by Crippen LogP contribution is 2.31. The van der Waals surface area contributed by atoms with Gasteiger partial charge in [-0.1, -0.05) is 25.0 Å². The summed E-state index contributed by atoms with van der Waals surface area (Å²) in [5.74, 6) is 0.801. The smallest absolute Gasteiger partial charge is 0.122 e. The molecule has 0 aliphatic carbocycles. The van der Waals surface area contributed by atoms with Crippen molar-refractivity contribution in [2.45, 2.75) is 39.2 Å². The van der Waals surface area contributed by atoms with Crippen molar-refractivity contribution < 1.29 is 4.74 Å². The lowest BCUT2D eigenvalue weighted by Crippen LogP contribution is -2.24. The summed E-state index contributed by atoms with van der Waals surface area (Å²) >= 11 is 0. The lowest BCUT2D eigenvalue weighted by atomic mass is 10.1. The molecule has 3 aromatic rings. The third kappa shape index (κ3) is 4.99. The molecule has 5 heteroatoms. The summed E-state index contributed by atoms with van der Waals surface area (Å²) in [4.78, 5) is 7.26. The van der Waals surface area contributed by atoms with E-state index in [1.807, 2.05) is 30.3 Å². The topological polar surface area (TPSA) is 49.1 Å². The van der Waals surface area contributed by atoms with Gasteiger partial charge in [0, 0.05) is 35.9 Å². The third-order valence-corrected chi connectivity index (χ3v) is 5.30. The van der Waals surface area contributed by atoms with Gasteiger partial charge in [-0.15, -0.1) is 12.4 Å². The number of rotatable bonds is 4. The van der Waals surface area contributed by atoms with E-state index in [2.05, 4.69) is 30.0 Å². The number of anilines is 1. The van der Waals surface area contributed by atoms with Gasteiger partial charge in [-0.05, 0) is 55.7 Å². The average molecular weight is 408 g/mol. The predicted molar refractivity (Wildman–Crippen MR) is 120 cm³/mol. The molecule has 0 N–H and O–H groups in total. The van der Waals surface area contributed by atoms with Crippen LogP contribution in [0.4, 0.5) is 5.69 Å². The lowest BCUT2D eigenvalue weighted by Gasteiger charge is -2.24. The zero-order valence-corrected chi connectivity index (χ0v) is 17.5. The van der Waals surface area contributed by atoms with Crippen LogP contribution >= 0.6 is 12.4 Å². The van der Waals surface area contributed by atoms with Crippen molar-refractivity contribution in [1.82, 2.24) is 4.98 Å². The molecule has 150 valence electrons. The van der Waals surface area contributed by atoms with Gasteiger partial charge in [0.05, 0.1) is 17.1 Å². The van der Waals surface area contributed by atoms with Crippen LogP contribution in [0.25, 0.3) is 10.9 Å². The summed E-state index contributed by atoms with van der Waals surface area (Å²) in [6, 6.07) is 18.1. The first-order valence-corrected chi connectivity index (χ1v) is 10.0. The Labute approximate surface area is 178 Å². The average Bonchev–Trinajstić information content (AvgIpc) is 3.01. The highest BCUT2D eigenvalue weighted by molar-refractivity contribution is 5.92. The summed E-state index contributed by atoms with van der Waals surface area (Å²) < 4.78 is 5.98. The van der Waals surface area contributed by atoms with Crippen LogP contribution in [0, 0.1) is 18.3 Å². The van der Waals surface area contributed by atoms with Gasteiger partial charge in [0.25, 0.3) is 0 Å². The van der Waals surface area contributed by atoms with Gasteiger partial charge < -0.3 is 9.64 Å². The first kappa shape index (κ1) is 21.0. The number of fused-ring (bicyclic) bond motifs is 1. The quantitative estimate of drug-likeness (QED) is 0.548. The Morgan fingerprint density at radius 3 is 2.59 bits per heavy atom. The third-order valence-electron chi connectivity index (χ3n) is 5.30. The Balaban J connectivity index is 0.00000240. The van der Waals surface area contributed by atoms with Crippen LogP contribution in [0.15, 0.2) is 48.5 Å². The molecule has 1 saturated heterocycles. The Morgan fingerprint density at radius 1 is 1.03 bits per heavy atom. The lowest BCUT2D eigenvalue weighted by molar-refractivity contribution is 0.306. The molecule has 0 radical (unpaired) electrons. The molecule has 1 aromatic heterocycles. The van der Waals surface area contributed by atoms with Crippen LogP contribution in [-0.4, -0.2) is 18.1 Å². The van der Waals surface area contributed by atoms with Crippen LogP contribution in [-0.2, 0) is 6.61 Å². The number of nitriles is 1. The van der Waals surface area contributed by atoms with Gasteiger partial charge in [-0.25, -0.2) is 0 Å². The first-order chi connectivity index (χ1) is 13.7. The minimum Gasteiger partial charge on any atom is -0.489 e. The van der Waals surface area contributed by atoms with Gasteiger partial charge in [-0.2, -0.15) is 5.26 Å². The predicted octanol–water partition coefficient (Wildman–Crippen LogP) is 5.80. The minimum absolute atomic E-state index is 0. The number of benzene rings is 2. The van der Waals surface area contributed by atoms with E-state index in [-0.39, 0.29) is 12.4 Å². The highest BCUT2D eigenvalue weighted by Gasteiger charge is 2.14. The van der Waals surface area contributed by atoms with Crippen molar-refractivity contribution in [3.05, 3.63) is 65.4 Å². The van der Waals surface area contributed by atoms with Crippen molar-refractivity contribution in [3.8, 4) is 11.8 Å². The van der Waals surface area contributed by atoms with E-state index in [1.54, 1.807) is 6.07 Å². The number of aryl methyl sites for hydroxylation is 1. The molecule has 0 spiro atoms. The van der Waals surface area contributed by atoms with Gasteiger partial charge in [-0.3, -0.25) is 4.98 Å². The summed E-state index contributed by atoms with van der Waals surface area (Å²) in [6.07, 6.45) is 5.16. The first-order valence-electron chi connectivity index (χ1n) is 10.0. The standard InChI is InChI=1S/C24H25N3O.ClH/c1-18-13-24(27-11-4-2-3-5-12-27)22-10-9-21(15-23(22)26-18)28-17-20-8-6-7-19(14-20)16-25;/h6-10,13-15H,2-5,11-12,17H2,1H3;1H. The molecule has 0 unspecified atom stereocenters. The fourth-order valence-corrected chi connectivity index (χ4v) is 3.88. The van der Waals surface area contributed by atoms with Crippen molar-refractivity contribution in [2.24, 2.45) is 0 Å². The largest absolute Gasteiger partial charge is 0.489 e. The molecule has 29 heavy (non-hydrogen) atoms. The van der Waals surface area contributed by atoms with Crippen LogP contribution in [0.2, 0.25) is 0 Å². The molecule has 0 saturated carbocycles. The van der Waals surface area contributed by atoms with E-state index >= 15 is 0 Å². The molecule has 4 nitrogen and oxygen atoms in total. The Morgan fingerprint density at radius 2 is 1.83 bits per heavy atom. The summed E-state index contributed by atoms with van der Waals surface area (Å²) in [5, 5.41) is 10.2. The summed E-state index contributed by atoms with van der Waals surface area (Å²) in [7, 11) is 0. The van der Waals surface area contributed by atoms with Crippen LogP contribution in [0.5, 0.6) is 5.75 Å². The normalized spacial score (nSPS) is 14.0.